The summed E-state index contributed by atoms with van der Waals surface area (Å²) >= 11 is 0. The summed E-state index contributed by atoms with van der Waals surface area (Å²) in [4.78, 5) is 9.52. The minimum absolute atomic E-state index is 0.498. The quantitative estimate of drug-likeness (QED) is 0.643. The van der Waals surface area contributed by atoms with E-state index < -0.39 is 0 Å². The summed E-state index contributed by atoms with van der Waals surface area (Å²) in [6.45, 7) is 4.27. The maximum absolute atomic E-state index is 4.76. The molecule has 3 aromatic rings. The molecule has 1 aliphatic rings. The van der Waals surface area contributed by atoms with Crippen LogP contribution in [0, 0.1) is 6.92 Å². The second-order valence-electron chi connectivity index (χ2n) is 6.01. The van der Waals surface area contributed by atoms with Gasteiger partial charge in [0.05, 0.1) is 11.4 Å². The highest BCUT2D eigenvalue weighted by atomic mass is 14.9. The van der Waals surface area contributed by atoms with Crippen molar-refractivity contribution in [2.75, 3.05) is 0 Å². The molecule has 0 spiro atoms. The first-order valence-corrected chi connectivity index (χ1v) is 7.76. The van der Waals surface area contributed by atoms with E-state index in [1.807, 2.05) is 13.0 Å². The lowest BCUT2D eigenvalue weighted by Gasteiger charge is -2.26. The fourth-order valence-corrected chi connectivity index (χ4v) is 3.41. The highest BCUT2D eigenvalue weighted by Crippen LogP contribution is 2.41. The molecule has 2 aromatic carbocycles. The largest absolute Gasteiger partial charge is 0.233 e. The van der Waals surface area contributed by atoms with Gasteiger partial charge >= 0.3 is 0 Å². The average molecular weight is 286 g/mol. The lowest BCUT2D eigenvalue weighted by atomic mass is 9.80. The van der Waals surface area contributed by atoms with Gasteiger partial charge in [-0.05, 0) is 24.8 Å². The van der Waals surface area contributed by atoms with E-state index in [4.69, 9.17) is 9.97 Å². The number of aromatic nitrogens is 2. The van der Waals surface area contributed by atoms with E-state index in [9.17, 15) is 0 Å². The maximum atomic E-state index is 4.76. The molecule has 1 aliphatic carbocycles. The molecule has 0 fully saturated rings. The Bertz CT molecular complexity index is 820. The summed E-state index contributed by atoms with van der Waals surface area (Å²) in [5.41, 5.74) is 7.31. The fraction of sp³-hybridized carbons (Fsp3) is 0.200. The van der Waals surface area contributed by atoms with Gasteiger partial charge in [-0.1, -0.05) is 61.5 Å². The van der Waals surface area contributed by atoms with Gasteiger partial charge in [-0.3, -0.25) is 0 Å². The van der Waals surface area contributed by atoms with Gasteiger partial charge in [-0.2, -0.15) is 0 Å². The van der Waals surface area contributed by atoms with Crippen LogP contribution in [-0.2, 0) is 6.42 Å². The van der Waals surface area contributed by atoms with Crippen molar-refractivity contribution in [3.8, 4) is 22.5 Å². The number of fused-ring (bicyclic) bond motifs is 3. The van der Waals surface area contributed by atoms with Crippen molar-refractivity contribution >= 4 is 0 Å². The predicted molar refractivity (Wildman–Crippen MR) is 89.8 cm³/mol. The second-order valence-corrected chi connectivity index (χ2v) is 6.01. The molecule has 108 valence electrons. The molecule has 2 nitrogen and oxygen atoms in total. The molecule has 1 unspecified atom stereocenters. The van der Waals surface area contributed by atoms with Crippen molar-refractivity contribution in [3.05, 3.63) is 71.5 Å². The molecule has 0 radical (unpaired) electrons. The van der Waals surface area contributed by atoms with Crippen molar-refractivity contribution in [2.24, 2.45) is 0 Å². The third kappa shape index (κ3) is 2.03. The second kappa shape index (κ2) is 5.06. The molecule has 0 aliphatic heterocycles. The van der Waals surface area contributed by atoms with Crippen molar-refractivity contribution in [1.29, 1.82) is 0 Å². The van der Waals surface area contributed by atoms with Crippen LogP contribution in [0.2, 0.25) is 0 Å². The van der Waals surface area contributed by atoms with Crippen LogP contribution in [0.1, 0.15) is 29.8 Å². The first-order chi connectivity index (χ1) is 10.7. The maximum Gasteiger partial charge on any atom is 0.126 e. The van der Waals surface area contributed by atoms with Gasteiger partial charge in [0, 0.05) is 16.7 Å². The molecule has 1 aromatic heterocycles. The number of hydrogen-bond acceptors (Lipinski definition) is 2. The van der Waals surface area contributed by atoms with Gasteiger partial charge in [0.25, 0.3) is 0 Å². The highest BCUT2D eigenvalue weighted by Gasteiger charge is 2.26. The monoisotopic (exact) mass is 286 g/mol. The summed E-state index contributed by atoms with van der Waals surface area (Å²) < 4.78 is 0. The molecule has 22 heavy (non-hydrogen) atoms. The zero-order chi connectivity index (χ0) is 15.1. The van der Waals surface area contributed by atoms with E-state index in [1.54, 1.807) is 0 Å². The predicted octanol–water partition coefficient (Wildman–Crippen LogP) is 4.78. The summed E-state index contributed by atoms with van der Waals surface area (Å²) in [5.74, 6) is 1.33. The normalized spacial score (nSPS) is 16.0. The first-order valence-electron chi connectivity index (χ1n) is 7.76. The zero-order valence-corrected chi connectivity index (χ0v) is 12.9. The third-order valence-corrected chi connectivity index (χ3v) is 4.42. The number of rotatable bonds is 1. The Morgan fingerprint density at radius 2 is 1.55 bits per heavy atom. The molecule has 1 heterocycles. The molecule has 0 N–H and O–H groups in total. The van der Waals surface area contributed by atoms with E-state index in [0.717, 1.165) is 23.6 Å². The van der Waals surface area contributed by atoms with E-state index in [1.165, 1.54) is 22.3 Å². The minimum Gasteiger partial charge on any atom is -0.233 e. The van der Waals surface area contributed by atoms with Crippen molar-refractivity contribution in [3.63, 3.8) is 0 Å². The lowest BCUT2D eigenvalue weighted by molar-refractivity contribution is 0.739. The Hall–Kier alpha value is -2.48. The topological polar surface area (TPSA) is 25.8 Å². The summed E-state index contributed by atoms with van der Waals surface area (Å²) in [5, 5.41) is 0. The van der Waals surface area contributed by atoms with Gasteiger partial charge in [0.15, 0.2) is 0 Å². The zero-order valence-electron chi connectivity index (χ0n) is 12.9. The van der Waals surface area contributed by atoms with Crippen LogP contribution < -0.4 is 0 Å². The molecular weight excluding hydrogens is 268 g/mol. The van der Waals surface area contributed by atoms with Gasteiger partial charge in [0.2, 0.25) is 0 Å². The van der Waals surface area contributed by atoms with Crippen LogP contribution in [0.15, 0.2) is 54.6 Å². The molecule has 4 rings (SSSR count). The smallest absolute Gasteiger partial charge is 0.126 e. The summed E-state index contributed by atoms with van der Waals surface area (Å²) in [6.07, 6.45) is 0.997. The van der Waals surface area contributed by atoms with Crippen LogP contribution in [0.3, 0.4) is 0 Å². The number of nitrogens with zero attached hydrogens (tertiary/aromatic N) is 2. The molecule has 0 saturated heterocycles. The minimum atomic E-state index is 0.498. The Balaban J connectivity index is 2.01. The molecule has 0 amide bonds. The first kappa shape index (κ1) is 13.2. The Morgan fingerprint density at radius 3 is 2.36 bits per heavy atom. The number of hydrogen-bond donors (Lipinski definition) is 0. The number of benzene rings is 2. The van der Waals surface area contributed by atoms with Crippen LogP contribution >= 0.6 is 0 Å². The molecule has 1 atom stereocenters. The van der Waals surface area contributed by atoms with Gasteiger partial charge in [-0.15, -0.1) is 0 Å². The van der Waals surface area contributed by atoms with Gasteiger partial charge in [0.1, 0.15) is 5.82 Å². The fourth-order valence-electron chi connectivity index (χ4n) is 3.41. The summed E-state index contributed by atoms with van der Waals surface area (Å²) in [7, 11) is 0. The van der Waals surface area contributed by atoms with Crippen molar-refractivity contribution in [1.82, 2.24) is 9.97 Å². The van der Waals surface area contributed by atoms with E-state index in [-0.39, 0.29) is 0 Å². The van der Waals surface area contributed by atoms with E-state index in [0.29, 0.717) is 5.92 Å². The summed E-state index contributed by atoms with van der Waals surface area (Å²) in [6, 6.07) is 19.1. The number of aryl methyl sites for hydroxylation is 1. The Morgan fingerprint density at radius 1 is 0.864 bits per heavy atom. The van der Waals surface area contributed by atoms with Crippen molar-refractivity contribution in [2.45, 2.75) is 26.2 Å². The van der Waals surface area contributed by atoms with Crippen molar-refractivity contribution < 1.29 is 0 Å². The molecule has 2 heteroatoms. The SMILES string of the molecule is Cc1nc(-c2ccccc2)c2c(n1)-c1ccccc1C(C)C2. The van der Waals surface area contributed by atoms with Gasteiger partial charge in [-0.25, -0.2) is 9.97 Å². The molecule has 0 saturated carbocycles. The molecular formula is C20H18N2. The van der Waals surface area contributed by atoms with Crippen LogP contribution in [0.4, 0.5) is 0 Å². The average Bonchev–Trinajstić information content (AvgIpc) is 2.56. The van der Waals surface area contributed by atoms with Gasteiger partial charge < -0.3 is 0 Å². The Kier molecular flexibility index (Phi) is 3.04. The van der Waals surface area contributed by atoms with Crippen LogP contribution in [0.25, 0.3) is 22.5 Å². The third-order valence-electron chi connectivity index (χ3n) is 4.42. The highest BCUT2D eigenvalue weighted by molar-refractivity contribution is 5.77. The van der Waals surface area contributed by atoms with E-state index in [2.05, 4.69) is 55.5 Å². The van der Waals surface area contributed by atoms with E-state index >= 15 is 0 Å². The lowest BCUT2D eigenvalue weighted by Crippen LogP contribution is -2.13. The molecule has 0 bridgehead atoms. The van der Waals surface area contributed by atoms with Crippen LogP contribution in [0.5, 0.6) is 0 Å². The standard InChI is InChI=1S/C20H18N2/c1-13-12-18-19(15-8-4-3-5-9-15)21-14(2)22-20(18)17-11-7-6-10-16(13)17/h3-11,13H,12H2,1-2H3. The Labute approximate surface area is 130 Å². The van der Waals surface area contributed by atoms with Crippen LogP contribution in [-0.4, -0.2) is 9.97 Å².